The Morgan fingerprint density at radius 1 is 1.38 bits per heavy atom. The van der Waals surface area contributed by atoms with Gasteiger partial charge in [0.25, 0.3) is 0 Å². The van der Waals surface area contributed by atoms with E-state index in [0.717, 1.165) is 10.6 Å². The molecule has 0 saturated carbocycles. The number of aromatic nitrogens is 3. The molecule has 16 heavy (non-hydrogen) atoms. The average Bonchev–Trinajstić information content (AvgIpc) is 2.69. The third-order valence-corrected chi connectivity index (χ3v) is 3.52. The third kappa shape index (κ3) is 1.96. The summed E-state index contributed by atoms with van der Waals surface area (Å²) in [5, 5.41) is 7.34. The molecule has 0 radical (unpaired) electrons. The topological polar surface area (TPSA) is 50.7 Å². The maximum absolute atomic E-state index is 4.18. The summed E-state index contributed by atoms with van der Waals surface area (Å²) < 4.78 is 3.98. The van der Waals surface area contributed by atoms with Gasteiger partial charge in [-0.15, -0.1) is 5.10 Å². The lowest BCUT2D eigenvalue weighted by Crippen LogP contribution is -2.18. The second-order valence-electron chi connectivity index (χ2n) is 3.68. The number of rotatable bonds is 3. The van der Waals surface area contributed by atoms with Gasteiger partial charge in [0.15, 0.2) is 0 Å². The van der Waals surface area contributed by atoms with Crippen molar-refractivity contribution in [1.29, 1.82) is 0 Å². The molecule has 0 amide bonds. The van der Waals surface area contributed by atoms with Crippen LogP contribution >= 0.6 is 11.5 Å². The largest absolute Gasteiger partial charge is 0.309 e. The molecule has 84 valence electrons. The second kappa shape index (κ2) is 4.67. The predicted molar refractivity (Wildman–Crippen MR) is 64.5 cm³/mol. The molecule has 1 atom stereocenters. The zero-order valence-electron chi connectivity index (χ0n) is 9.56. The quantitative estimate of drug-likeness (QED) is 0.880. The summed E-state index contributed by atoms with van der Waals surface area (Å²) in [7, 11) is 1.94. The Balaban J connectivity index is 2.45. The van der Waals surface area contributed by atoms with Gasteiger partial charge in [-0.2, -0.15) is 0 Å². The summed E-state index contributed by atoms with van der Waals surface area (Å²) in [5.41, 5.74) is 3.38. The highest BCUT2D eigenvalue weighted by molar-refractivity contribution is 7.05. The minimum atomic E-state index is 0.133. The van der Waals surface area contributed by atoms with Crippen LogP contribution in [-0.2, 0) is 0 Å². The van der Waals surface area contributed by atoms with Crippen LogP contribution in [-0.4, -0.2) is 21.6 Å². The fraction of sp³-hybridized carbons (Fsp3) is 0.364. The first-order valence-electron chi connectivity index (χ1n) is 5.10. The summed E-state index contributed by atoms with van der Waals surface area (Å²) in [6, 6.07) is 2.15. The molecule has 4 nitrogen and oxygen atoms in total. The van der Waals surface area contributed by atoms with Crippen molar-refractivity contribution in [1.82, 2.24) is 19.9 Å². The summed E-state index contributed by atoms with van der Waals surface area (Å²) in [4.78, 5) is 5.33. The normalized spacial score (nSPS) is 12.7. The van der Waals surface area contributed by atoms with Gasteiger partial charge >= 0.3 is 0 Å². The van der Waals surface area contributed by atoms with Crippen LogP contribution in [0.1, 0.15) is 27.7 Å². The number of nitrogens with zero attached hydrogens (tertiary/aromatic N) is 3. The van der Waals surface area contributed by atoms with Gasteiger partial charge < -0.3 is 5.32 Å². The number of aryl methyl sites for hydroxylation is 2. The number of hydrogen-bond donors (Lipinski definition) is 1. The number of pyridine rings is 1. The minimum absolute atomic E-state index is 0.133. The van der Waals surface area contributed by atoms with Crippen LogP contribution in [0.4, 0.5) is 0 Å². The van der Waals surface area contributed by atoms with Crippen molar-refractivity contribution < 1.29 is 0 Å². The molecular formula is C11H14N4S. The van der Waals surface area contributed by atoms with E-state index in [0.29, 0.717) is 0 Å². The van der Waals surface area contributed by atoms with Gasteiger partial charge in [0, 0.05) is 12.4 Å². The van der Waals surface area contributed by atoms with E-state index in [4.69, 9.17) is 0 Å². The molecule has 1 N–H and O–H groups in total. The Labute approximate surface area is 98.9 Å². The summed E-state index contributed by atoms with van der Waals surface area (Å²) in [6.45, 7) is 4.07. The Bertz CT molecular complexity index is 480. The lowest BCUT2D eigenvalue weighted by atomic mass is 10.0. The van der Waals surface area contributed by atoms with Crippen molar-refractivity contribution in [2.75, 3.05) is 7.05 Å². The smallest absolute Gasteiger partial charge is 0.0776 e. The van der Waals surface area contributed by atoms with E-state index in [1.54, 1.807) is 0 Å². The lowest BCUT2D eigenvalue weighted by molar-refractivity contribution is 0.690. The van der Waals surface area contributed by atoms with Gasteiger partial charge in [0.2, 0.25) is 0 Å². The average molecular weight is 234 g/mol. The van der Waals surface area contributed by atoms with Crippen LogP contribution in [0.3, 0.4) is 0 Å². The van der Waals surface area contributed by atoms with Gasteiger partial charge in [0.05, 0.1) is 16.6 Å². The van der Waals surface area contributed by atoms with Gasteiger partial charge in [-0.05, 0) is 49.6 Å². The molecule has 0 bridgehead atoms. The van der Waals surface area contributed by atoms with E-state index in [1.807, 2.05) is 32.4 Å². The van der Waals surface area contributed by atoms with Crippen molar-refractivity contribution in [3.63, 3.8) is 0 Å². The van der Waals surface area contributed by atoms with E-state index in [2.05, 4.69) is 26.8 Å². The summed E-state index contributed by atoms with van der Waals surface area (Å²) in [6.07, 6.45) is 3.71. The molecular weight excluding hydrogens is 220 g/mol. The highest BCUT2D eigenvalue weighted by atomic mass is 32.1. The molecule has 2 heterocycles. The van der Waals surface area contributed by atoms with Gasteiger partial charge in [-0.25, -0.2) is 0 Å². The maximum atomic E-state index is 4.18. The standard InChI is InChI=1S/C11H14N4S/c1-7-4-5-13-6-9(7)10(12-3)11-8(2)14-15-16-11/h4-6,10,12H,1-3H3. The molecule has 0 aliphatic carbocycles. The maximum Gasteiger partial charge on any atom is 0.0776 e. The van der Waals surface area contributed by atoms with Crippen LogP contribution in [0.5, 0.6) is 0 Å². The van der Waals surface area contributed by atoms with E-state index < -0.39 is 0 Å². The van der Waals surface area contributed by atoms with Crippen LogP contribution in [0.2, 0.25) is 0 Å². The van der Waals surface area contributed by atoms with E-state index >= 15 is 0 Å². The molecule has 2 aromatic rings. The Morgan fingerprint density at radius 2 is 2.19 bits per heavy atom. The first-order chi connectivity index (χ1) is 7.74. The molecule has 0 fully saturated rings. The minimum Gasteiger partial charge on any atom is -0.309 e. The molecule has 0 spiro atoms. The Hall–Kier alpha value is -1.33. The SMILES string of the molecule is CNC(c1cnccc1C)c1snnc1C. The molecule has 2 rings (SSSR count). The zero-order valence-corrected chi connectivity index (χ0v) is 10.4. The lowest BCUT2D eigenvalue weighted by Gasteiger charge is -2.16. The van der Waals surface area contributed by atoms with Gasteiger partial charge in [-0.3, -0.25) is 4.98 Å². The van der Waals surface area contributed by atoms with Crippen molar-refractivity contribution in [2.24, 2.45) is 0 Å². The van der Waals surface area contributed by atoms with Gasteiger partial charge in [0.1, 0.15) is 0 Å². The van der Waals surface area contributed by atoms with E-state index in [1.165, 1.54) is 22.7 Å². The number of nitrogens with one attached hydrogen (secondary N) is 1. The van der Waals surface area contributed by atoms with E-state index in [9.17, 15) is 0 Å². The molecule has 0 aromatic carbocycles. The van der Waals surface area contributed by atoms with Gasteiger partial charge in [-0.1, -0.05) is 4.49 Å². The molecule has 0 saturated heterocycles. The number of hydrogen-bond acceptors (Lipinski definition) is 5. The fourth-order valence-corrected chi connectivity index (χ4v) is 2.48. The highest BCUT2D eigenvalue weighted by Crippen LogP contribution is 2.27. The molecule has 1 unspecified atom stereocenters. The first kappa shape index (κ1) is 11.2. The third-order valence-electron chi connectivity index (χ3n) is 2.63. The van der Waals surface area contributed by atoms with Crippen LogP contribution in [0.25, 0.3) is 0 Å². The molecule has 5 heteroatoms. The fourth-order valence-electron chi connectivity index (χ4n) is 1.71. The van der Waals surface area contributed by atoms with E-state index in [-0.39, 0.29) is 6.04 Å². The zero-order chi connectivity index (χ0) is 11.5. The first-order valence-corrected chi connectivity index (χ1v) is 5.88. The Morgan fingerprint density at radius 3 is 2.75 bits per heavy atom. The van der Waals surface area contributed by atoms with Crippen LogP contribution in [0, 0.1) is 13.8 Å². The van der Waals surface area contributed by atoms with Crippen molar-refractivity contribution in [3.8, 4) is 0 Å². The molecule has 0 aliphatic heterocycles. The van der Waals surface area contributed by atoms with Crippen LogP contribution < -0.4 is 5.32 Å². The molecule has 2 aromatic heterocycles. The Kier molecular flexibility index (Phi) is 3.26. The molecule has 0 aliphatic rings. The van der Waals surface area contributed by atoms with Crippen molar-refractivity contribution in [3.05, 3.63) is 40.2 Å². The van der Waals surface area contributed by atoms with Crippen molar-refractivity contribution in [2.45, 2.75) is 19.9 Å². The highest BCUT2D eigenvalue weighted by Gasteiger charge is 2.19. The predicted octanol–water partition coefficient (Wildman–Crippen LogP) is 1.86. The van der Waals surface area contributed by atoms with Crippen LogP contribution in [0.15, 0.2) is 18.5 Å². The summed E-state index contributed by atoms with van der Waals surface area (Å²) >= 11 is 1.43. The van der Waals surface area contributed by atoms with Crippen molar-refractivity contribution >= 4 is 11.5 Å². The monoisotopic (exact) mass is 234 g/mol. The summed E-state index contributed by atoms with van der Waals surface area (Å²) in [5.74, 6) is 0. The second-order valence-corrected chi connectivity index (χ2v) is 4.46.